The fourth-order valence-electron chi connectivity index (χ4n) is 1.50. The van der Waals surface area contributed by atoms with Gasteiger partial charge in [-0.15, -0.1) is 0 Å². The third-order valence-corrected chi connectivity index (χ3v) is 2.86. The Labute approximate surface area is 107 Å². The van der Waals surface area contributed by atoms with Crippen molar-refractivity contribution >= 4 is 28.9 Å². The van der Waals surface area contributed by atoms with Gasteiger partial charge < -0.3 is 4.57 Å². The third kappa shape index (κ3) is 2.11. The van der Waals surface area contributed by atoms with Crippen molar-refractivity contribution in [1.29, 1.82) is 0 Å². The van der Waals surface area contributed by atoms with Crippen molar-refractivity contribution in [3.05, 3.63) is 50.5 Å². The molecule has 17 heavy (non-hydrogen) atoms. The van der Waals surface area contributed by atoms with Crippen LogP contribution in [0.2, 0.25) is 10.0 Å². The average molecular weight is 272 g/mol. The van der Waals surface area contributed by atoms with Gasteiger partial charge in [-0.3, -0.25) is 10.1 Å². The van der Waals surface area contributed by atoms with E-state index in [2.05, 4.69) is 4.98 Å². The first-order valence-corrected chi connectivity index (χ1v) is 5.40. The maximum absolute atomic E-state index is 10.6. The SMILES string of the molecule is Cc1nccn1-c1c(Cl)cc([N+](=O)[O-])cc1Cl. The standard InChI is InChI=1S/C10H7Cl2N3O2/c1-6-13-2-3-14(6)10-8(11)4-7(15(16)17)5-9(10)12/h2-5H,1H3. The lowest BCUT2D eigenvalue weighted by atomic mass is 10.2. The largest absolute Gasteiger partial charge is 0.301 e. The summed E-state index contributed by atoms with van der Waals surface area (Å²) in [6.07, 6.45) is 3.29. The number of nitro benzene ring substituents is 1. The number of hydrogen-bond acceptors (Lipinski definition) is 3. The van der Waals surface area contributed by atoms with Crippen LogP contribution in [-0.2, 0) is 0 Å². The van der Waals surface area contributed by atoms with Crippen LogP contribution >= 0.6 is 23.2 Å². The fourth-order valence-corrected chi connectivity index (χ4v) is 2.16. The number of rotatable bonds is 2. The second-order valence-electron chi connectivity index (χ2n) is 3.36. The van der Waals surface area contributed by atoms with E-state index in [9.17, 15) is 10.1 Å². The minimum absolute atomic E-state index is 0.137. The molecule has 0 bridgehead atoms. The van der Waals surface area contributed by atoms with Crippen molar-refractivity contribution in [2.24, 2.45) is 0 Å². The molecule has 5 nitrogen and oxygen atoms in total. The highest BCUT2D eigenvalue weighted by molar-refractivity contribution is 6.38. The van der Waals surface area contributed by atoms with Gasteiger partial charge in [-0.1, -0.05) is 23.2 Å². The Morgan fingerprint density at radius 2 is 1.94 bits per heavy atom. The highest BCUT2D eigenvalue weighted by atomic mass is 35.5. The summed E-state index contributed by atoms with van der Waals surface area (Å²) in [5, 5.41) is 11.1. The Balaban J connectivity index is 2.65. The van der Waals surface area contributed by atoms with Crippen LogP contribution in [-0.4, -0.2) is 14.5 Å². The van der Waals surface area contributed by atoms with Crippen LogP contribution in [0, 0.1) is 17.0 Å². The number of aromatic nitrogens is 2. The van der Waals surface area contributed by atoms with E-state index in [1.165, 1.54) is 12.1 Å². The van der Waals surface area contributed by atoms with E-state index in [0.717, 1.165) is 0 Å². The molecule has 0 aliphatic heterocycles. The molecule has 0 N–H and O–H groups in total. The number of hydrogen-bond donors (Lipinski definition) is 0. The van der Waals surface area contributed by atoms with Crippen LogP contribution in [0.1, 0.15) is 5.82 Å². The summed E-state index contributed by atoms with van der Waals surface area (Å²) in [6, 6.07) is 2.53. The zero-order valence-electron chi connectivity index (χ0n) is 8.72. The molecule has 0 aliphatic carbocycles. The first-order chi connectivity index (χ1) is 8.00. The number of halogens is 2. The molecular weight excluding hydrogens is 265 g/mol. The van der Waals surface area contributed by atoms with E-state index in [0.29, 0.717) is 11.5 Å². The number of nitrogens with zero attached hydrogens (tertiary/aromatic N) is 3. The van der Waals surface area contributed by atoms with Crippen molar-refractivity contribution in [3.63, 3.8) is 0 Å². The number of aryl methyl sites for hydroxylation is 1. The van der Waals surface area contributed by atoms with E-state index in [1.54, 1.807) is 23.9 Å². The summed E-state index contributed by atoms with van der Waals surface area (Å²) in [4.78, 5) is 14.1. The molecule has 0 amide bonds. The molecule has 88 valence electrons. The Morgan fingerprint density at radius 3 is 2.35 bits per heavy atom. The van der Waals surface area contributed by atoms with Crippen LogP contribution in [0.4, 0.5) is 5.69 Å². The van der Waals surface area contributed by atoms with Crippen LogP contribution in [0.25, 0.3) is 5.69 Å². The van der Waals surface area contributed by atoms with Gasteiger partial charge in [-0.05, 0) is 6.92 Å². The zero-order valence-corrected chi connectivity index (χ0v) is 10.2. The second kappa shape index (κ2) is 4.35. The first kappa shape index (κ1) is 11.9. The quantitative estimate of drug-likeness (QED) is 0.621. The molecule has 1 heterocycles. The van der Waals surface area contributed by atoms with Gasteiger partial charge in [0.15, 0.2) is 0 Å². The lowest BCUT2D eigenvalue weighted by Crippen LogP contribution is -1.99. The Bertz CT molecular complexity index is 572. The van der Waals surface area contributed by atoms with Gasteiger partial charge in [0.1, 0.15) is 5.82 Å². The normalized spacial score (nSPS) is 10.5. The number of nitro groups is 1. The van der Waals surface area contributed by atoms with Crippen molar-refractivity contribution < 1.29 is 4.92 Å². The summed E-state index contributed by atoms with van der Waals surface area (Å²) in [6.45, 7) is 1.79. The van der Waals surface area contributed by atoms with Gasteiger partial charge in [-0.25, -0.2) is 4.98 Å². The van der Waals surface area contributed by atoms with E-state index < -0.39 is 4.92 Å². The molecular formula is C10H7Cl2N3O2. The highest BCUT2D eigenvalue weighted by Gasteiger charge is 2.16. The first-order valence-electron chi connectivity index (χ1n) is 4.64. The van der Waals surface area contributed by atoms with Gasteiger partial charge in [0.25, 0.3) is 5.69 Å². The monoisotopic (exact) mass is 271 g/mol. The van der Waals surface area contributed by atoms with Crippen molar-refractivity contribution in [3.8, 4) is 5.69 Å². The lowest BCUT2D eigenvalue weighted by Gasteiger charge is -2.09. The Morgan fingerprint density at radius 1 is 1.35 bits per heavy atom. The molecule has 0 aliphatic rings. The van der Waals surface area contributed by atoms with Crippen molar-refractivity contribution in [2.75, 3.05) is 0 Å². The van der Waals surface area contributed by atoms with Crippen LogP contribution in [0.5, 0.6) is 0 Å². The average Bonchev–Trinajstić information content (AvgIpc) is 2.64. The summed E-state index contributed by atoms with van der Waals surface area (Å²) < 4.78 is 1.67. The van der Waals surface area contributed by atoms with Gasteiger partial charge in [0.2, 0.25) is 0 Å². The fraction of sp³-hybridized carbons (Fsp3) is 0.100. The Hall–Kier alpha value is -1.59. The maximum Gasteiger partial charge on any atom is 0.272 e. The van der Waals surface area contributed by atoms with E-state index >= 15 is 0 Å². The van der Waals surface area contributed by atoms with E-state index in [1.807, 2.05) is 0 Å². The minimum Gasteiger partial charge on any atom is -0.301 e. The summed E-state index contributed by atoms with van der Waals surface area (Å²) in [7, 11) is 0. The number of benzene rings is 1. The zero-order chi connectivity index (χ0) is 12.6. The predicted octanol–water partition coefficient (Wildman–Crippen LogP) is 3.40. The van der Waals surface area contributed by atoms with Crippen LogP contribution in [0.3, 0.4) is 0 Å². The molecule has 0 saturated heterocycles. The molecule has 0 atom stereocenters. The number of imidazole rings is 1. The van der Waals surface area contributed by atoms with Gasteiger partial charge >= 0.3 is 0 Å². The van der Waals surface area contributed by atoms with Gasteiger partial charge in [-0.2, -0.15) is 0 Å². The van der Waals surface area contributed by atoms with Crippen molar-refractivity contribution in [1.82, 2.24) is 9.55 Å². The molecule has 0 saturated carbocycles. The van der Waals surface area contributed by atoms with Crippen LogP contribution < -0.4 is 0 Å². The van der Waals surface area contributed by atoms with Crippen molar-refractivity contribution in [2.45, 2.75) is 6.92 Å². The highest BCUT2D eigenvalue weighted by Crippen LogP contribution is 2.33. The predicted molar refractivity (Wildman–Crippen MR) is 65.0 cm³/mol. The Kier molecular flexibility index (Phi) is 3.04. The smallest absolute Gasteiger partial charge is 0.272 e. The molecule has 0 spiro atoms. The minimum atomic E-state index is -0.539. The molecule has 1 aromatic carbocycles. The van der Waals surface area contributed by atoms with E-state index in [4.69, 9.17) is 23.2 Å². The summed E-state index contributed by atoms with van der Waals surface area (Å²) >= 11 is 12.0. The molecule has 0 fully saturated rings. The molecule has 0 unspecified atom stereocenters. The van der Waals surface area contributed by atoms with E-state index in [-0.39, 0.29) is 15.7 Å². The lowest BCUT2D eigenvalue weighted by molar-refractivity contribution is -0.384. The second-order valence-corrected chi connectivity index (χ2v) is 4.17. The molecule has 0 radical (unpaired) electrons. The molecule has 1 aromatic heterocycles. The molecule has 7 heteroatoms. The van der Waals surface area contributed by atoms with Gasteiger partial charge in [0, 0.05) is 24.5 Å². The maximum atomic E-state index is 10.6. The topological polar surface area (TPSA) is 61.0 Å². The number of non-ortho nitro benzene ring substituents is 1. The third-order valence-electron chi connectivity index (χ3n) is 2.28. The van der Waals surface area contributed by atoms with Crippen LogP contribution in [0.15, 0.2) is 24.5 Å². The molecule has 2 rings (SSSR count). The summed E-state index contributed by atoms with van der Waals surface area (Å²) in [5.41, 5.74) is 0.357. The van der Waals surface area contributed by atoms with Gasteiger partial charge in [0.05, 0.1) is 20.7 Å². The summed E-state index contributed by atoms with van der Waals surface area (Å²) in [5.74, 6) is 0.697. The molecule has 2 aromatic rings.